The molecule has 1 saturated heterocycles. The van der Waals surface area contributed by atoms with Gasteiger partial charge in [0.15, 0.2) is 0 Å². The number of nitrogens with two attached hydrogens (primary N) is 1. The molecule has 0 spiro atoms. The Bertz CT molecular complexity index is 1710. The molecule has 3 N–H and O–H groups in total. The summed E-state index contributed by atoms with van der Waals surface area (Å²) in [6, 6.07) is 20.2. The summed E-state index contributed by atoms with van der Waals surface area (Å²) >= 11 is 0. The van der Waals surface area contributed by atoms with Crippen molar-refractivity contribution in [2.75, 3.05) is 58.1 Å². The predicted molar refractivity (Wildman–Crippen MR) is 200 cm³/mol. The van der Waals surface area contributed by atoms with E-state index in [-0.39, 0.29) is 36.5 Å². The van der Waals surface area contributed by atoms with Gasteiger partial charge in [-0.3, -0.25) is 10.2 Å². The normalized spacial score (nSPS) is 19.9. The number of hydrogen-bond donors (Lipinski definition) is 2. The number of rotatable bonds is 18. The molecule has 1 amide bonds. The van der Waals surface area contributed by atoms with Crippen LogP contribution < -0.4 is 20.9 Å². The van der Waals surface area contributed by atoms with E-state index in [1.54, 1.807) is 31.4 Å². The van der Waals surface area contributed by atoms with Gasteiger partial charge in [-0.05, 0) is 74.6 Å². The Morgan fingerprint density at radius 2 is 1.88 bits per heavy atom. The van der Waals surface area contributed by atoms with Crippen molar-refractivity contribution in [1.82, 2.24) is 9.73 Å². The van der Waals surface area contributed by atoms with Gasteiger partial charge in [-0.15, -0.1) is 0 Å². The van der Waals surface area contributed by atoms with Crippen LogP contribution in [0, 0.1) is 6.92 Å². The van der Waals surface area contributed by atoms with E-state index in [0.29, 0.717) is 39.5 Å². The van der Waals surface area contributed by atoms with E-state index in [1.807, 2.05) is 57.2 Å². The van der Waals surface area contributed by atoms with Gasteiger partial charge in [-0.25, -0.2) is 14.3 Å². The van der Waals surface area contributed by atoms with Gasteiger partial charge in [-0.1, -0.05) is 48.0 Å². The number of aryl methyl sites for hydroxylation is 1. The van der Waals surface area contributed by atoms with Crippen LogP contribution in [0.4, 0.5) is 5.69 Å². The van der Waals surface area contributed by atoms with Crippen molar-refractivity contribution in [3.8, 4) is 5.75 Å². The van der Waals surface area contributed by atoms with E-state index < -0.39 is 28.1 Å². The van der Waals surface area contributed by atoms with Crippen LogP contribution in [0.2, 0.25) is 0 Å². The minimum absolute atomic E-state index is 0.0388. The second-order valence-corrected chi connectivity index (χ2v) is 15.4. The topological polar surface area (TPSA) is 142 Å². The molecule has 5 rings (SSSR count). The lowest BCUT2D eigenvalue weighted by molar-refractivity contribution is -0.122. The third-order valence-corrected chi connectivity index (χ3v) is 11.6. The first-order valence-corrected chi connectivity index (χ1v) is 19.5. The molecule has 1 fully saturated rings. The number of piperidine rings is 1. The SMILES string of the molecule is CCO[C@H](C)COCc1ccccc1[C@H]1C[C@H](CC(=O)NN)N(S(=O)(=O)c2ccc(C)cc2)C[C@@H]1OCc1ccc2c(c1)N(CCCOC)CCO2. The molecule has 2 aliphatic rings. The van der Waals surface area contributed by atoms with Gasteiger partial charge in [-0.2, -0.15) is 4.31 Å². The average molecular weight is 739 g/mol. The minimum Gasteiger partial charge on any atom is -0.490 e. The molecule has 0 aliphatic carbocycles. The molecule has 0 radical (unpaired) electrons. The second kappa shape index (κ2) is 19.0. The zero-order valence-corrected chi connectivity index (χ0v) is 31.6. The molecular weight excluding hydrogens is 685 g/mol. The van der Waals surface area contributed by atoms with Gasteiger partial charge in [0.25, 0.3) is 0 Å². The third kappa shape index (κ3) is 10.1. The molecule has 0 unspecified atom stereocenters. The number of carbonyl (C=O) groups is 1. The van der Waals surface area contributed by atoms with Crippen molar-refractivity contribution >= 4 is 21.6 Å². The van der Waals surface area contributed by atoms with Gasteiger partial charge in [0.05, 0.1) is 49.2 Å². The molecule has 0 saturated carbocycles. The number of hydrogen-bond acceptors (Lipinski definition) is 10. The lowest BCUT2D eigenvalue weighted by Gasteiger charge is -2.43. The first-order chi connectivity index (χ1) is 25.1. The summed E-state index contributed by atoms with van der Waals surface area (Å²) in [5, 5.41) is 0. The van der Waals surface area contributed by atoms with Crippen molar-refractivity contribution < 1.29 is 36.9 Å². The minimum atomic E-state index is -4.01. The number of ether oxygens (including phenoxy) is 5. The highest BCUT2D eigenvalue weighted by atomic mass is 32.2. The summed E-state index contributed by atoms with van der Waals surface area (Å²) < 4.78 is 59.8. The fourth-order valence-electron chi connectivity index (χ4n) is 7.05. The van der Waals surface area contributed by atoms with Crippen molar-refractivity contribution in [3.63, 3.8) is 0 Å². The summed E-state index contributed by atoms with van der Waals surface area (Å²) in [5.74, 6) is 5.66. The summed E-state index contributed by atoms with van der Waals surface area (Å²) in [4.78, 5) is 15.2. The number of sulfonamides is 1. The standard InChI is InChI=1S/C39H54N4O8S/c1-5-49-29(3)25-48-27-31-9-6-7-10-34(31)35-22-32(23-39(44)41-40)43(52(45,46)33-14-11-28(2)12-15-33)24-38(35)51-26-30-13-16-37-36(21-30)42(18-20-50-37)17-8-19-47-4/h6-7,9-16,21,29,32,35,38H,5,8,17-20,22-27,40H2,1-4H3,(H,41,44)/t29-,32-,35-,38+/m1/s1. The van der Waals surface area contributed by atoms with Crippen molar-refractivity contribution in [2.24, 2.45) is 5.84 Å². The molecule has 12 nitrogen and oxygen atoms in total. The van der Waals surface area contributed by atoms with Gasteiger partial charge >= 0.3 is 0 Å². The van der Waals surface area contributed by atoms with Gasteiger partial charge in [0, 0.05) is 51.8 Å². The monoisotopic (exact) mass is 738 g/mol. The molecule has 2 heterocycles. The molecule has 0 aromatic heterocycles. The van der Waals surface area contributed by atoms with E-state index in [4.69, 9.17) is 29.5 Å². The Kier molecular flexibility index (Phi) is 14.5. The molecule has 0 bridgehead atoms. The molecular formula is C39H54N4O8S. The lowest BCUT2D eigenvalue weighted by Crippen LogP contribution is -2.54. The van der Waals surface area contributed by atoms with Crippen LogP contribution in [0.3, 0.4) is 0 Å². The zero-order chi connectivity index (χ0) is 37.1. The summed E-state index contributed by atoms with van der Waals surface area (Å²) in [5.41, 5.74) is 7.06. The molecule has 3 aromatic carbocycles. The molecule has 52 heavy (non-hydrogen) atoms. The number of methoxy groups -OCH3 is 1. The number of nitrogens with zero attached hydrogens (tertiary/aromatic N) is 2. The number of fused-ring (bicyclic) bond motifs is 1. The van der Waals surface area contributed by atoms with Crippen LogP contribution >= 0.6 is 0 Å². The fraction of sp³-hybridized carbons (Fsp3) is 0.513. The highest BCUT2D eigenvalue weighted by molar-refractivity contribution is 7.89. The van der Waals surface area contributed by atoms with Crippen LogP contribution in [0.25, 0.3) is 0 Å². The maximum absolute atomic E-state index is 14.3. The van der Waals surface area contributed by atoms with Crippen LogP contribution in [0.5, 0.6) is 5.75 Å². The highest BCUT2D eigenvalue weighted by Gasteiger charge is 2.44. The number of carbonyl (C=O) groups excluding carboxylic acids is 1. The molecule has 3 aromatic rings. The van der Waals surface area contributed by atoms with Crippen LogP contribution in [-0.4, -0.2) is 90.1 Å². The third-order valence-electron chi connectivity index (χ3n) is 9.69. The summed E-state index contributed by atoms with van der Waals surface area (Å²) in [6.07, 6.45) is 0.523. The van der Waals surface area contributed by atoms with Crippen LogP contribution in [0.1, 0.15) is 61.3 Å². The molecule has 2 aliphatic heterocycles. The predicted octanol–water partition coefficient (Wildman–Crippen LogP) is 4.68. The number of benzene rings is 3. The Balaban J connectivity index is 1.47. The number of nitrogens with one attached hydrogen (secondary N) is 1. The Labute approximate surface area is 308 Å². The Morgan fingerprint density at radius 1 is 1.10 bits per heavy atom. The number of anilines is 1. The largest absolute Gasteiger partial charge is 0.490 e. The maximum atomic E-state index is 14.3. The highest BCUT2D eigenvalue weighted by Crippen LogP contribution is 2.40. The van der Waals surface area contributed by atoms with E-state index in [2.05, 4.69) is 16.4 Å². The Morgan fingerprint density at radius 3 is 2.63 bits per heavy atom. The average Bonchev–Trinajstić information content (AvgIpc) is 3.14. The summed E-state index contributed by atoms with van der Waals surface area (Å²) in [7, 11) is -2.31. The first-order valence-electron chi connectivity index (χ1n) is 18.1. The van der Waals surface area contributed by atoms with Crippen molar-refractivity contribution in [2.45, 2.75) is 82.3 Å². The Hall–Kier alpha value is -3.56. The van der Waals surface area contributed by atoms with Gasteiger partial charge in [0.1, 0.15) is 12.4 Å². The van der Waals surface area contributed by atoms with Crippen LogP contribution in [0.15, 0.2) is 71.6 Å². The number of amides is 1. The van der Waals surface area contributed by atoms with E-state index in [9.17, 15) is 13.2 Å². The maximum Gasteiger partial charge on any atom is 0.243 e. The van der Waals surface area contributed by atoms with Crippen molar-refractivity contribution in [3.05, 3.63) is 89.0 Å². The molecule has 4 atom stereocenters. The quantitative estimate of drug-likeness (QED) is 0.0818. The molecule has 284 valence electrons. The van der Waals surface area contributed by atoms with E-state index in [1.165, 1.54) is 4.31 Å². The van der Waals surface area contributed by atoms with Crippen molar-refractivity contribution in [1.29, 1.82) is 0 Å². The van der Waals surface area contributed by atoms with E-state index in [0.717, 1.165) is 53.2 Å². The summed E-state index contributed by atoms with van der Waals surface area (Å²) in [6.45, 7) is 10.4. The lowest BCUT2D eigenvalue weighted by atomic mass is 9.81. The molecule has 13 heteroatoms. The zero-order valence-electron chi connectivity index (χ0n) is 30.8. The second-order valence-electron chi connectivity index (χ2n) is 13.5. The van der Waals surface area contributed by atoms with Gasteiger partial charge in [0.2, 0.25) is 15.9 Å². The fourth-order valence-corrected chi connectivity index (χ4v) is 8.70. The van der Waals surface area contributed by atoms with E-state index >= 15 is 0 Å². The first kappa shape index (κ1) is 39.6. The smallest absolute Gasteiger partial charge is 0.243 e. The van der Waals surface area contributed by atoms with Gasteiger partial charge < -0.3 is 28.6 Å². The van der Waals surface area contributed by atoms with Crippen LogP contribution in [-0.2, 0) is 47.0 Å². The number of hydrazine groups is 1.